The predicted octanol–water partition coefficient (Wildman–Crippen LogP) is 4.03. The molecule has 0 fully saturated rings. The van der Waals surface area contributed by atoms with E-state index in [9.17, 15) is 0 Å². The molecule has 0 atom stereocenters. The highest BCUT2D eigenvalue weighted by Gasteiger charge is 2.20. The van der Waals surface area contributed by atoms with Gasteiger partial charge in [-0.3, -0.25) is 0 Å². The molecule has 6 nitrogen and oxygen atoms in total. The minimum Gasteiger partial charge on any atom is -0.361 e. The smallest absolute Gasteiger partial charge is 0.235 e. The number of nitrogens with zero attached hydrogens (tertiary/aromatic N) is 5. The van der Waals surface area contributed by atoms with Gasteiger partial charge in [-0.25, -0.2) is 0 Å². The van der Waals surface area contributed by atoms with Gasteiger partial charge in [-0.2, -0.15) is 9.61 Å². The maximum Gasteiger partial charge on any atom is 0.235 e. The first-order valence-corrected chi connectivity index (χ1v) is 8.30. The van der Waals surface area contributed by atoms with E-state index in [-0.39, 0.29) is 0 Å². The lowest BCUT2D eigenvalue weighted by molar-refractivity contribution is 0.391. The fourth-order valence-corrected chi connectivity index (χ4v) is 3.51. The molecule has 116 valence electrons. The Morgan fingerprint density at radius 1 is 1.22 bits per heavy atom. The second kappa shape index (κ2) is 5.43. The Labute approximate surface area is 140 Å². The van der Waals surface area contributed by atoms with Crippen molar-refractivity contribution in [1.29, 1.82) is 0 Å². The lowest BCUT2D eigenvalue weighted by atomic mass is 10.2. The summed E-state index contributed by atoms with van der Waals surface area (Å²) < 4.78 is 7.04. The molecule has 0 unspecified atom stereocenters. The van der Waals surface area contributed by atoms with Crippen molar-refractivity contribution in [2.75, 3.05) is 0 Å². The van der Waals surface area contributed by atoms with Crippen LogP contribution in [-0.4, -0.2) is 25.0 Å². The zero-order chi connectivity index (χ0) is 16.0. The van der Waals surface area contributed by atoms with Crippen LogP contribution in [0.5, 0.6) is 0 Å². The van der Waals surface area contributed by atoms with Crippen molar-refractivity contribution in [3.8, 4) is 22.0 Å². The monoisotopic (exact) mass is 345 g/mol. The Hall–Kier alpha value is -2.25. The van der Waals surface area contributed by atoms with E-state index >= 15 is 0 Å². The lowest BCUT2D eigenvalue weighted by Crippen LogP contribution is -1.92. The number of hydrogen-bond acceptors (Lipinski definition) is 6. The van der Waals surface area contributed by atoms with Gasteiger partial charge in [-0.05, 0) is 37.6 Å². The molecule has 4 aromatic rings. The van der Waals surface area contributed by atoms with Crippen molar-refractivity contribution in [2.24, 2.45) is 0 Å². The summed E-state index contributed by atoms with van der Waals surface area (Å²) in [4.78, 5) is 0.729. The van der Waals surface area contributed by atoms with Crippen LogP contribution in [0.25, 0.3) is 26.9 Å². The molecule has 0 N–H and O–H groups in total. The van der Waals surface area contributed by atoms with E-state index in [1.165, 1.54) is 11.3 Å². The zero-order valence-corrected chi connectivity index (χ0v) is 14.0. The fourth-order valence-electron chi connectivity index (χ4n) is 2.43. The first-order valence-electron chi connectivity index (χ1n) is 7.11. The van der Waals surface area contributed by atoms with Crippen LogP contribution in [0.4, 0.5) is 0 Å². The molecule has 23 heavy (non-hydrogen) atoms. The lowest BCUT2D eigenvalue weighted by Gasteiger charge is -1.97. The molecule has 0 saturated carbocycles. The number of aromatic nitrogens is 5. The highest BCUT2D eigenvalue weighted by molar-refractivity contribution is 7.19. The van der Waals surface area contributed by atoms with E-state index in [1.54, 1.807) is 4.52 Å². The summed E-state index contributed by atoms with van der Waals surface area (Å²) in [5, 5.41) is 18.7. The maximum atomic E-state index is 5.94. The molecule has 0 aliphatic heterocycles. The minimum absolute atomic E-state index is 0.682. The standard InChI is InChI=1S/C15H12ClN5OS/c1-3-11-12(8(2)22-20-11)14-19-21-13(17-18-15(21)23-14)9-4-6-10(16)7-5-9/h4-7H,3H2,1-2H3. The first kappa shape index (κ1) is 14.3. The highest BCUT2D eigenvalue weighted by atomic mass is 35.5. The highest BCUT2D eigenvalue weighted by Crippen LogP contribution is 2.32. The van der Waals surface area contributed by atoms with Crippen LogP contribution in [0.3, 0.4) is 0 Å². The van der Waals surface area contributed by atoms with Gasteiger partial charge in [0, 0.05) is 10.6 Å². The van der Waals surface area contributed by atoms with Crippen molar-refractivity contribution in [1.82, 2.24) is 25.0 Å². The van der Waals surface area contributed by atoms with E-state index in [1.807, 2.05) is 38.1 Å². The van der Waals surface area contributed by atoms with Gasteiger partial charge in [0.2, 0.25) is 4.96 Å². The van der Waals surface area contributed by atoms with Gasteiger partial charge in [0.1, 0.15) is 5.76 Å². The molecular weight excluding hydrogens is 334 g/mol. The Balaban J connectivity index is 1.86. The molecule has 3 aromatic heterocycles. The molecule has 0 spiro atoms. The summed E-state index contributed by atoms with van der Waals surface area (Å²) in [6.45, 7) is 3.93. The van der Waals surface area contributed by atoms with Gasteiger partial charge < -0.3 is 4.52 Å². The molecule has 0 radical (unpaired) electrons. The Kier molecular flexibility index (Phi) is 3.39. The fraction of sp³-hybridized carbons (Fsp3) is 0.200. The molecular formula is C15H12ClN5OS. The van der Waals surface area contributed by atoms with Crippen molar-refractivity contribution in [3.05, 3.63) is 40.7 Å². The van der Waals surface area contributed by atoms with E-state index < -0.39 is 0 Å². The third-order valence-electron chi connectivity index (χ3n) is 3.58. The summed E-state index contributed by atoms with van der Waals surface area (Å²) in [5.41, 5.74) is 2.77. The maximum absolute atomic E-state index is 5.94. The quantitative estimate of drug-likeness (QED) is 0.560. The van der Waals surface area contributed by atoms with Crippen LogP contribution in [0, 0.1) is 6.92 Å². The van der Waals surface area contributed by atoms with Gasteiger partial charge in [-0.15, -0.1) is 10.2 Å². The van der Waals surface area contributed by atoms with Gasteiger partial charge in [-0.1, -0.05) is 35.0 Å². The van der Waals surface area contributed by atoms with E-state index in [2.05, 4.69) is 20.5 Å². The van der Waals surface area contributed by atoms with Gasteiger partial charge in [0.05, 0.1) is 11.3 Å². The van der Waals surface area contributed by atoms with Crippen LogP contribution >= 0.6 is 22.9 Å². The summed E-state index contributed by atoms with van der Waals surface area (Å²) in [5.74, 6) is 1.45. The van der Waals surface area contributed by atoms with Crippen LogP contribution in [0.15, 0.2) is 28.8 Å². The molecule has 0 aliphatic rings. The molecule has 0 amide bonds. The number of hydrogen-bond donors (Lipinski definition) is 0. The largest absolute Gasteiger partial charge is 0.361 e. The van der Waals surface area contributed by atoms with Crippen molar-refractivity contribution in [2.45, 2.75) is 20.3 Å². The number of fused-ring (bicyclic) bond motifs is 1. The Morgan fingerprint density at radius 3 is 2.74 bits per heavy atom. The van der Waals surface area contributed by atoms with E-state index in [4.69, 9.17) is 16.1 Å². The van der Waals surface area contributed by atoms with Gasteiger partial charge >= 0.3 is 0 Å². The van der Waals surface area contributed by atoms with Crippen LogP contribution < -0.4 is 0 Å². The Morgan fingerprint density at radius 2 is 2.00 bits per heavy atom. The van der Waals surface area contributed by atoms with Crippen molar-refractivity contribution in [3.63, 3.8) is 0 Å². The second-order valence-corrected chi connectivity index (χ2v) is 6.44. The SMILES string of the molecule is CCc1noc(C)c1-c1nn2c(-c3ccc(Cl)cc3)nnc2s1. The van der Waals surface area contributed by atoms with Crippen molar-refractivity contribution < 1.29 is 4.52 Å². The van der Waals surface area contributed by atoms with E-state index in [0.29, 0.717) is 10.8 Å². The number of halogens is 1. The summed E-state index contributed by atoms with van der Waals surface area (Å²) in [6, 6.07) is 7.45. The first-order chi connectivity index (χ1) is 11.2. The minimum atomic E-state index is 0.682. The molecule has 8 heteroatoms. The predicted molar refractivity (Wildman–Crippen MR) is 88.7 cm³/mol. The van der Waals surface area contributed by atoms with Gasteiger partial charge in [0.15, 0.2) is 10.8 Å². The van der Waals surface area contributed by atoms with Crippen LogP contribution in [0.2, 0.25) is 5.02 Å². The van der Waals surface area contributed by atoms with E-state index in [0.717, 1.165) is 39.0 Å². The third kappa shape index (κ3) is 2.32. The normalized spacial score (nSPS) is 11.4. The Bertz CT molecular complexity index is 985. The average molecular weight is 346 g/mol. The van der Waals surface area contributed by atoms with Crippen molar-refractivity contribution >= 4 is 27.9 Å². The number of aryl methyl sites for hydroxylation is 2. The molecule has 0 saturated heterocycles. The molecule has 1 aromatic carbocycles. The molecule has 0 aliphatic carbocycles. The van der Waals surface area contributed by atoms with Gasteiger partial charge in [0.25, 0.3) is 0 Å². The van der Waals surface area contributed by atoms with Crippen LogP contribution in [0.1, 0.15) is 18.4 Å². The molecule has 0 bridgehead atoms. The third-order valence-corrected chi connectivity index (χ3v) is 4.74. The number of benzene rings is 1. The second-order valence-electron chi connectivity index (χ2n) is 5.05. The zero-order valence-electron chi connectivity index (χ0n) is 12.4. The number of rotatable bonds is 3. The van der Waals surface area contributed by atoms with Crippen LogP contribution in [-0.2, 0) is 6.42 Å². The summed E-state index contributed by atoms with van der Waals surface area (Å²) in [7, 11) is 0. The average Bonchev–Trinajstić information content (AvgIpc) is 3.21. The molecule has 4 rings (SSSR count). The topological polar surface area (TPSA) is 69.1 Å². The molecule has 3 heterocycles. The summed E-state index contributed by atoms with van der Waals surface area (Å²) >= 11 is 7.41. The summed E-state index contributed by atoms with van der Waals surface area (Å²) in [6.07, 6.45) is 0.789.